The molecule has 2 aromatic carbocycles. The molecule has 0 aliphatic heterocycles. The number of carbonyl (C=O) groups is 1. The molecule has 0 fully saturated rings. The lowest BCUT2D eigenvalue weighted by Gasteiger charge is -2.19. The van der Waals surface area contributed by atoms with Gasteiger partial charge in [-0.3, -0.25) is 4.79 Å². The average molecular weight is 523 g/mol. The minimum Gasteiger partial charge on any atom is -0.375 e. The third-order valence-corrected chi connectivity index (χ3v) is 4.53. The number of carbonyl (C=O) groups excluding carboxylic acids is 1. The van der Waals surface area contributed by atoms with Crippen LogP contribution in [0.3, 0.4) is 0 Å². The largest absolute Gasteiger partial charge is 0.375 e. The maximum Gasteiger partial charge on any atom is 0.253 e. The van der Waals surface area contributed by atoms with Gasteiger partial charge in [-0.1, -0.05) is 30.3 Å². The number of anilines is 1. The number of nitrogens with one attached hydrogen (secondary N) is 2. The van der Waals surface area contributed by atoms with Gasteiger partial charge in [-0.2, -0.15) is 0 Å². The molecule has 1 amide bonds. The zero-order chi connectivity index (χ0) is 21.1. The molecule has 0 heterocycles. The highest BCUT2D eigenvalue weighted by Gasteiger charge is 2.07. The van der Waals surface area contributed by atoms with Crippen molar-refractivity contribution in [3.63, 3.8) is 0 Å². The van der Waals surface area contributed by atoms with Crippen LogP contribution < -0.4 is 15.5 Å². The Balaban J connectivity index is 0.00000450. The van der Waals surface area contributed by atoms with E-state index in [1.165, 1.54) is 5.69 Å². The fourth-order valence-corrected chi connectivity index (χ4v) is 2.86. The first-order chi connectivity index (χ1) is 14.0. The molecular weight excluding hydrogens is 489 g/mol. The smallest absolute Gasteiger partial charge is 0.253 e. The monoisotopic (exact) mass is 523 g/mol. The van der Waals surface area contributed by atoms with Crippen molar-refractivity contribution < 1.29 is 4.79 Å². The van der Waals surface area contributed by atoms with E-state index in [-0.39, 0.29) is 29.9 Å². The van der Waals surface area contributed by atoms with E-state index < -0.39 is 0 Å². The summed E-state index contributed by atoms with van der Waals surface area (Å²) in [6, 6.07) is 18.0. The summed E-state index contributed by atoms with van der Waals surface area (Å²) in [7, 11) is 5.62. The molecule has 164 valence electrons. The molecule has 0 aliphatic carbocycles. The lowest BCUT2D eigenvalue weighted by Crippen LogP contribution is -2.38. The highest BCUT2D eigenvalue weighted by Crippen LogP contribution is 2.11. The van der Waals surface area contributed by atoms with E-state index in [2.05, 4.69) is 58.8 Å². The molecule has 0 bridgehead atoms. The Kier molecular flexibility index (Phi) is 11.9. The fourth-order valence-electron chi connectivity index (χ4n) is 2.86. The topological polar surface area (TPSA) is 60.0 Å². The number of nitrogens with zero attached hydrogens (tertiary/aromatic N) is 3. The van der Waals surface area contributed by atoms with Gasteiger partial charge in [0.1, 0.15) is 0 Å². The van der Waals surface area contributed by atoms with E-state index in [0.29, 0.717) is 12.1 Å². The fraction of sp³-hybridized carbons (Fsp3) is 0.391. The van der Waals surface area contributed by atoms with Crippen LogP contribution in [0, 0.1) is 0 Å². The molecule has 0 saturated carbocycles. The van der Waals surface area contributed by atoms with Gasteiger partial charge in [0, 0.05) is 52.0 Å². The number of aliphatic imine (C=N–C) groups is 1. The SMILES string of the molecule is CCNC(=NCc1ccc(C(=O)N(C)C)cc1)NCCCN(C)c1ccccc1.I. The number of hydrogen-bond acceptors (Lipinski definition) is 3. The number of guanidine groups is 1. The highest BCUT2D eigenvalue weighted by molar-refractivity contribution is 14.0. The van der Waals surface area contributed by atoms with Gasteiger partial charge in [-0.15, -0.1) is 24.0 Å². The van der Waals surface area contributed by atoms with Crippen molar-refractivity contribution in [3.05, 3.63) is 65.7 Å². The number of halogens is 1. The Morgan fingerprint density at radius 2 is 1.63 bits per heavy atom. The van der Waals surface area contributed by atoms with Crippen molar-refractivity contribution in [1.82, 2.24) is 15.5 Å². The van der Waals surface area contributed by atoms with E-state index in [1.54, 1.807) is 19.0 Å². The summed E-state index contributed by atoms with van der Waals surface area (Å²) >= 11 is 0. The van der Waals surface area contributed by atoms with Gasteiger partial charge in [0.25, 0.3) is 5.91 Å². The molecule has 0 spiro atoms. The molecular formula is C23H34IN5O. The van der Waals surface area contributed by atoms with E-state index in [0.717, 1.165) is 37.6 Å². The van der Waals surface area contributed by atoms with Crippen molar-refractivity contribution >= 4 is 41.5 Å². The quantitative estimate of drug-likeness (QED) is 0.228. The summed E-state index contributed by atoms with van der Waals surface area (Å²) in [6.07, 6.45) is 1.01. The Morgan fingerprint density at radius 1 is 0.967 bits per heavy atom. The average Bonchev–Trinajstić information content (AvgIpc) is 2.75. The second-order valence-corrected chi connectivity index (χ2v) is 7.13. The zero-order valence-corrected chi connectivity index (χ0v) is 20.7. The standard InChI is InChI=1S/C23H33N5O.HI/c1-5-24-23(25-16-9-17-28(4)21-10-7-6-8-11-21)26-18-19-12-14-20(15-13-19)22(29)27(2)3;/h6-8,10-15H,5,9,16-18H2,1-4H3,(H2,24,25,26);1H. The molecule has 0 aliphatic rings. The van der Waals surface area contributed by atoms with Crippen molar-refractivity contribution in [2.45, 2.75) is 19.9 Å². The Bertz CT molecular complexity index is 778. The lowest BCUT2D eigenvalue weighted by molar-refractivity contribution is 0.0827. The second-order valence-electron chi connectivity index (χ2n) is 7.13. The van der Waals surface area contributed by atoms with Gasteiger partial charge in [0.15, 0.2) is 5.96 Å². The van der Waals surface area contributed by atoms with Crippen LogP contribution in [-0.4, -0.2) is 57.5 Å². The van der Waals surface area contributed by atoms with Gasteiger partial charge in [0.2, 0.25) is 0 Å². The van der Waals surface area contributed by atoms with Crippen LogP contribution in [0.1, 0.15) is 29.3 Å². The number of rotatable bonds is 9. The molecule has 7 heteroatoms. The maximum absolute atomic E-state index is 12.0. The summed E-state index contributed by atoms with van der Waals surface area (Å²) in [5, 5.41) is 6.68. The van der Waals surface area contributed by atoms with E-state index in [9.17, 15) is 4.79 Å². The Morgan fingerprint density at radius 3 is 2.23 bits per heavy atom. The summed E-state index contributed by atoms with van der Waals surface area (Å²) < 4.78 is 0. The Labute approximate surface area is 197 Å². The van der Waals surface area contributed by atoms with Crippen molar-refractivity contribution in [2.24, 2.45) is 4.99 Å². The first-order valence-electron chi connectivity index (χ1n) is 10.1. The molecule has 0 radical (unpaired) electrons. The van der Waals surface area contributed by atoms with Crippen LogP contribution in [-0.2, 0) is 6.54 Å². The minimum atomic E-state index is 0. The molecule has 0 aromatic heterocycles. The van der Waals surface area contributed by atoms with Crippen LogP contribution in [0.25, 0.3) is 0 Å². The first kappa shape index (κ1) is 25.7. The van der Waals surface area contributed by atoms with Crippen LogP contribution in [0.4, 0.5) is 5.69 Å². The van der Waals surface area contributed by atoms with Gasteiger partial charge in [0.05, 0.1) is 6.54 Å². The summed E-state index contributed by atoms with van der Waals surface area (Å²) in [4.78, 5) is 20.5. The number of amides is 1. The normalized spacial score (nSPS) is 10.7. The highest BCUT2D eigenvalue weighted by atomic mass is 127. The number of para-hydroxylation sites is 1. The van der Waals surface area contributed by atoms with E-state index in [1.807, 2.05) is 30.3 Å². The molecule has 0 saturated heterocycles. The van der Waals surface area contributed by atoms with Gasteiger partial charge in [-0.05, 0) is 43.2 Å². The predicted octanol–water partition coefficient (Wildman–Crippen LogP) is 3.59. The predicted molar refractivity (Wildman–Crippen MR) is 137 cm³/mol. The van der Waals surface area contributed by atoms with Crippen LogP contribution in [0.2, 0.25) is 0 Å². The van der Waals surface area contributed by atoms with Crippen molar-refractivity contribution in [2.75, 3.05) is 45.7 Å². The summed E-state index contributed by atoms with van der Waals surface area (Å²) in [6.45, 7) is 5.25. The molecule has 2 aromatic rings. The number of benzene rings is 2. The van der Waals surface area contributed by atoms with Gasteiger partial charge in [-0.25, -0.2) is 4.99 Å². The lowest BCUT2D eigenvalue weighted by atomic mass is 10.1. The third kappa shape index (κ3) is 8.61. The van der Waals surface area contributed by atoms with Crippen molar-refractivity contribution in [1.29, 1.82) is 0 Å². The maximum atomic E-state index is 12.0. The second kappa shape index (κ2) is 13.8. The Hall–Kier alpha value is -2.29. The first-order valence-corrected chi connectivity index (χ1v) is 10.1. The van der Waals surface area contributed by atoms with E-state index in [4.69, 9.17) is 0 Å². The van der Waals surface area contributed by atoms with Crippen molar-refractivity contribution in [3.8, 4) is 0 Å². The van der Waals surface area contributed by atoms with Crippen LogP contribution in [0.5, 0.6) is 0 Å². The molecule has 6 nitrogen and oxygen atoms in total. The third-order valence-electron chi connectivity index (χ3n) is 4.53. The van der Waals surface area contributed by atoms with Crippen LogP contribution >= 0.6 is 24.0 Å². The minimum absolute atomic E-state index is 0. The number of hydrogen-bond donors (Lipinski definition) is 2. The molecule has 2 N–H and O–H groups in total. The molecule has 2 rings (SSSR count). The summed E-state index contributed by atoms with van der Waals surface area (Å²) in [5.41, 5.74) is 2.99. The summed E-state index contributed by atoms with van der Waals surface area (Å²) in [5.74, 6) is 0.818. The molecule has 0 atom stereocenters. The van der Waals surface area contributed by atoms with Gasteiger partial charge >= 0.3 is 0 Å². The van der Waals surface area contributed by atoms with E-state index >= 15 is 0 Å². The molecule has 0 unspecified atom stereocenters. The zero-order valence-electron chi connectivity index (χ0n) is 18.4. The van der Waals surface area contributed by atoms with Crippen LogP contribution in [0.15, 0.2) is 59.6 Å². The van der Waals surface area contributed by atoms with Gasteiger partial charge < -0.3 is 20.4 Å². The molecule has 30 heavy (non-hydrogen) atoms.